The van der Waals surface area contributed by atoms with E-state index in [0.717, 1.165) is 30.9 Å². The number of pyridine rings is 1. The normalized spacial score (nSPS) is 17.1. The van der Waals surface area contributed by atoms with Gasteiger partial charge in [0.25, 0.3) is 0 Å². The van der Waals surface area contributed by atoms with Crippen molar-refractivity contribution in [3.63, 3.8) is 0 Å². The van der Waals surface area contributed by atoms with Gasteiger partial charge in [0.15, 0.2) is 11.6 Å². The standard InChI is InChI=1S/C16H15FN2O2/c17-14-12(16(20)21)8-9-18-15(14)19-13-7-3-5-10-4-1-2-6-11(10)13/h1-2,4,6,8-9,13H,3,5,7H2,(H,18,19)(H,20,21). The predicted octanol–water partition coefficient (Wildman–Crippen LogP) is 3.41. The Morgan fingerprint density at radius 1 is 1.33 bits per heavy atom. The summed E-state index contributed by atoms with van der Waals surface area (Å²) in [5, 5.41) is 12.0. The summed E-state index contributed by atoms with van der Waals surface area (Å²) in [5.41, 5.74) is 2.01. The predicted molar refractivity (Wildman–Crippen MR) is 76.9 cm³/mol. The fraction of sp³-hybridized carbons (Fsp3) is 0.250. The molecule has 0 saturated heterocycles. The van der Waals surface area contributed by atoms with Gasteiger partial charge in [0, 0.05) is 6.20 Å². The topological polar surface area (TPSA) is 62.2 Å². The zero-order chi connectivity index (χ0) is 14.8. The molecule has 1 aromatic carbocycles. The first-order valence-electron chi connectivity index (χ1n) is 6.89. The second-order valence-electron chi connectivity index (χ2n) is 5.11. The van der Waals surface area contributed by atoms with Crippen LogP contribution < -0.4 is 5.32 Å². The van der Waals surface area contributed by atoms with Crippen molar-refractivity contribution in [2.45, 2.75) is 25.3 Å². The molecule has 5 heteroatoms. The minimum atomic E-state index is -1.29. The molecule has 1 aliphatic rings. The van der Waals surface area contributed by atoms with Crippen molar-refractivity contribution in [1.29, 1.82) is 0 Å². The van der Waals surface area contributed by atoms with Gasteiger partial charge in [0.1, 0.15) is 5.56 Å². The SMILES string of the molecule is O=C(O)c1ccnc(NC2CCCc3ccccc32)c1F. The molecule has 2 N–H and O–H groups in total. The highest BCUT2D eigenvalue weighted by atomic mass is 19.1. The van der Waals surface area contributed by atoms with Gasteiger partial charge in [-0.1, -0.05) is 24.3 Å². The van der Waals surface area contributed by atoms with Crippen LogP contribution in [-0.4, -0.2) is 16.1 Å². The lowest BCUT2D eigenvalue weighted by atomic mass is 9.88. The lowest BCUT2D eigenvalue weighted by molar-refractivity contribution is 0.0692. The van der Waals surface area contributed by atoms with Gasteiger partial charge >= 0.3 is 5.97 Å². The van der Waals surface area contributed by atoms with E-state index in [1.807, 2.05) is 18.2 Å². The van der Waals surface area contributed by atoms with Crippen LogP contribution in [0.5, 0.6) is 0 Å². The molecular weight excluding hydrogens is 271 g/mol. The number of rotatable bonds is 3. The first-order chi connectivity index (χ1) is 10.2. The van der Waals surface area contributed by atoms with Gasteiger partial charge in [-0.05, 0) is 36.5 Å². The van der Waals surface area contributed by atoms with E-state index in [2.05, 4.69) is 16.4 Å². The Morgan fingerprint density at radius 3 is 2.95 bits per heavy atom. The molecule has 1 aliphatic carbocycles. The van der Waals surface area contributed by atoms with Crippen LogP contribution in [0.3, 0.4) is 0 Å². The number of aryl methyl sites for hydroxylation is 1. The third kappa shape index (κ3) is 2.59. The Morgan fingerprint density at radius 2 is 2.14 bits per heavy atom. The van der Waals surface area contributed by atoms with E-state index in [1.165, 1.54) is 11.8 Å². The van der Waals surface area contributed by atoms with E-state index >= 15 is 0 Å². The highest BCUT2D eigenvalue weighted by molar-refractivity contribution is 5.88. The summed E-state index contributed by atoms with van der Waals surface area (Å²) in [6, 6.07) is 9.16. The molecule has 21 heavy (non-hydrogen) atoms. The molecule has 1 atom stereocenters. The maximum atomic E-state index is 14.1. The van der Waals surface area contributed by atoms with Crippen LogP contribution in [0.2, 0.25) is 0 Å². The summed E-state index contributed by atoms with van der Waals surface area (Å²) >= 11 is 0. The smallest absolute Gasteiger partial charge is 0.338 e. The first-order valence-corrected chi connectivity index (χ1v) is 6.89. The number of carboxylic acids is 1. The van der Waals surface area contributed by atoms with Crippen LogP contribution in [-0.2, 0) is 6.42 Å². The molecule has 0 fully saturated rings. The van der Waals surface area contributed by atoms with Crippen LogP contribution in [0, 0.1) is 5.82 Å². The number of hydrogen-bond donors (Lipinski definition) is 2. The summed E-state index contributed by atoms with van der Waals surface area (Å²) in [4.78, 5) is 14.9. The summed E-state index contributed by atoms with van der Waals surface area (Å²) < 4.78 is 14.1. The average molecular weight is 286 g/mol. The van der Waals surface area contributed by atoms with E-state index < -0.39 is 11.8 Å². The summed E-state index contributed by atoms with van der Waals surface area (Å²) in [6.45, 7) is 0. The zero-order valence-electron chi connectivity index (χ0n) is 11.3. The summed E-state index contributed by atoms with van der Waals surface area (Å²) in [5.74, 6) is -2.10. The number of nitrogens with zero attached hydrogens (tertiary/aromatic N) is 1. The molecular formula is C16H15FN2O2. The Labute approximate surface area is 121 Å². The molecule has 1 unspecified atom stereocenters. The van der Waals surface area contributed by atoms with Crippen LogP contribution >= 0.6 is 0 Å². The molecule has 2 aromatic rings. The van der Waals surface area contributed by atoms with Crippen LogP contribution in [0.4, 0.5) is 10.2 Å². The third-order valence-electron chi connectivity index (χ3n) is 3.80. The maximum Gasteiger partial charge on any atom is 0.338 e. The van der Waals surface area contributed by atoms with Gasteiger partial charge in [0.05, 0.1) is 6.04 Å². The van der Waals surface area contributed by atoms with Crippen molar-refractivity contribution in [2.24, 2.45) is 0 Å². The van der Waals surface area contributed by atoms with Crippen LogP contribution in [0.15, 0.2) is 36.5 Å². The maximum absolute atomic E-state index is 14.1. The minimum absolute atomic E-state index is 0.00315. The molecule has 1 heterocycles. The molecule has 1 aromatic heterocycles. The van der Waals surface area contributed by atoms with Crippen molar-refractivity contribution in [3.8, 4) is 0 Å². The molecule has 4 nitrogen and oxygen atoms in total. The van der Waals surface area contributed by atoms with Crippen molar-refractivity contribution in [1.82, 2.24) is 4.98 Å². The lowest BCUT2D eigenvalue weighted by Crippen LogP contribution is -2.19. The molecule has 0 amide bonds. The molecule has 0 radical (unpaired) electrons. The molecule has 0 saturated carbocycles. The van der Waals surface area contributed by atoms with Gasteiger partial charge in [-0.3, -0.25) is 0 Å². The van der Waals surface area contributed by atoms with Gasteiger partial charge in [-0.25, -0.2) is 14.2 Å². The number of aromatic carboxylic acids is 1. The Hall–Kier alpha value is -2.43. The second-order valence-corrected chi connectivity index (χ2v) is 5.11. The number of aromatic nitrogens is 1. The third-order valence-corrected chi connectivity index (χ3v) is 3.80. The number of fused-ring (bicyclic) bond motifs is 1. The number of hydrogen-bond acceptors (Lipinski definition) is 3. The number of anilines is 1. The minimum Gasteiger partial charge on any atom is -0.478 e. The first kappa shape index (κ1) is 13.5. The number of carboxylic acid groups (broad SMARTS) is 1. The molecule has 108 valence electrons. The van der Waals surface area contributed by atoms with E-state index in [4.69, 9.17) is 5.11 Å². The largest absolute Gasteiger partial charge is 0.478 e. The highest BCUT2D eigenvalue weighted by Crippen LogP contribution is 2.32. The Bertz CT molecular complexity index is 688. The van der Waals surface area contributed by atoms with E-state index in [1.54, 1.807) is 0 Å². The fourth-order valence-electron chi connectivity index (χ4n) is 2.78. The van der Waals surface area contributed by atoms with Gasteiger partial charge in [-0.2, -0.15) is 0 Å². The van der Waals surface area contributed by atoms with E-state index in [-0.39, 0.29) is 17.4 Å². The second kappa shape index (κ2) is 5.52. The molecule has 3 rings (SSSR count). The van der Waals surface area contributed by atoms with Crippen molar-refractivity contribution in [3.05, 3.63) is 59.0 Å². The number of halogens is 1. The number of carbonyl (C=O) groups is 1. The highest BCUT2D eigenvalue weighted by Gasteiger charge is 2.22. The fourth-order valence-corrected chi connectivity index (χ4v) is 2.78. The summed E-state index contributed by atoms with van der Waals surface area (Å²) in [6.07, 6.45) is 4.20. The van der Waals surface area contributed by atoms with Crippen molar-refractivity contribution < 1.29 is 14.3 Å². The quantitative estimate of drug-likeness (QED) is 0.907. The molecule has 0 bridgehead atoms. The Balaban J connectivity index is 1.92. The number of benzene rings is 1. The number of nitrogens with one attached hydrogen (secondary N) is 1. The van der Waals surface area contributed by atoms with Crippen LogP contribution in [0.1, 0.15) is 40.4 Å². The van der Waals surface area contributed by atoms with Crippen molar-refractivity contribution in [2.75, 3.05) is 5.32 Å². The molecule has 0 spiro atoms. The van der Waals surface area contributed by atoms with Crippen LogP contribution in [0.25, 0.3) is 0 Å². The lowest BCUT2D eigenvalue weighted by Gasteiger charge is -2.27. The van der Waals surface area contributed by atoms with Gasteiger partial charge in [-0.15, -0.1) is 0 Å². The molecule has 0 aliphatic heterocycles. The van der Waals surface area contributed by atoms with E-state index in [0.29, 0.717) is 0 Å². The van der Waals surface area contributed by atoms with Crippen molar-refractivity contribution >= 4 is 11.8 Å². The zero-order valence-corrected chi connectivity index (χ0v) is 11.3. The summed E-state index contributed by atoms with van der Waals surface area (Å²) in [7, 11) is 0. The van der Waals surface area contributed by atoms with E-state index in [9.17, 15) is 9.18 Å². The monoisotopic (exact) mass is 286 g/mol. The Kier molecular flexibility index (Phi) is 3.56. The van der Waals surface area contributed by atoms with Gasteiger partial charge in [0.2, 0.25) is 0 Å². The van der Waals surface area contributed by atoms with Gasteiger partial charge < -0.3 is 10.4 Å². The average Bonchev–Trinajstić information content (AvgIpc) is 2.49.